The van der Waals surface area contributed by atoms with Gasteiger partial charge in [0.15, 0.2) is 0 Å². The van der Waals surface area contributed by atoms with E-state index in [0.29, 0.717) is 16.8 Å². The molecule has 0 bridgehead atoms. The predicted molar refractivity (Wildman–Crippen MR) is 100 cm³/mol. The summed E-state index contributed by atoms with van der Waals surface area (Å²) in [5, 5.41) is 9.16. The molecule has 1 unspecified atom stereocenters. The lowest BCUT2D eigenvalue weighted by molar-refractivity contribution is 0.320. The summed E-state index contributed by atoms with van der Waals surface area (Å²) in [5.41, 5.74) is 2.17. The van der Waals surface area contributed by atoms with Crippen LogP contribution in [0.3, 0.4) is 0 Å². The van der Waals surface area contributed by atoms with Crippen molar-refractivity contribution in [2.75, 3.05) is 20.2 Å². The van der Waals surface area contributed by atoms with Gasteiger partial charge in [0.1, 0.15) is 5.75 Å². The minimum atomic E-state index is 0.279. The Morgan fingerprint density at radius 3 is 2.62 bits per heavy atom. The Morgan fingerprint density at radius 2 is 1.88 bits per heavy atom. The van der Waals surface area contributed by atoms with Crippen molar-refractivity contribution in [3.63, 3.8) is 0 Å². The highest BCUT2D eigenvalue weighted by Gasteiger charge is 2.28. The molecule has 1 aromatic heterocycles. The van der Waals surface area contributed by atoms with Gasteiger partial charge in [-0.3, -0.25) is 4.90 Å². The van der Waals surface area contributed by atoms with E-state index in [1.807, 2.05) is 36.4 Å². The van der Waals surface area contributed by atoms with Crippen molar-refractivity contribution in [3.05, 3.63) is 65.0 Å². The van der Waals surface area contributed by atoms with E-state index in [1.165, 1.54) is 5.56 Å². The van der Waals surface area contributed by atoms with E-state index >= 15 is 0 Å². The molecular formula is C20H20ClN3O2. The lowest BCUT2D eigenvalue weighted by atomic mass is 10.1. The quantitative estimate of drug-likeness (QED) is 0.667. The number of benzene rings is 2. The molecule has 1 saturated heterocycles. The largest absolute Gasteiger partial charge is 0.497 e. The average molecular weight is 370 g/mol. The summed E-state index contributed by atoms with van der Waals surface area (Å²) in [6.07, 6.45) is 1.03. The highest BCUT2D eigenvalue weighted by molar-refractivity contribution is 6.30. The van der Waals surface area contributed by atoms with Gasteiger partial charge in [0.05, 0.1) is 13.0 Å². The molecule has 1 aliphatic heterocycles. The van der Waals surface area contributed by atoms with E-state index in [0.717, 1.165) is 37.4 Å². The Hall–Kier alpha value is -2.37. The third-order valence-electron chi connectivity index (χ3n) is 4.72. The van der Waals surface area contributed by atoms with Crippen LogP contribution in [0.4, 0.5) is 0 Å². The van der Waals surface area contributed by atoms with Crippen LogP contribution in [0.5, 0.6) is 5.75 Å². The molecule has 0 spiro atoms. The summed E-state index contributed by atoms with van der Waals surface area (Å²) in [6.45, 7) is 2.86. The third kappa shape index (κ3) is 3.74. The van der Waals surface area contributed by atoms with Crippen LogP contribution >= 0.6 is 11.6 Å². The number of hydrogen-bond donors (Lipinski definition) is 0. The SMILES string of the molecule is COc1ccc(CN2CCC(c3nnc(-c4ccc(Cl)cc4)o3)C2)cc1. The van der Waals surface area contributed by atoms with Gasteiger partial charge in [-0.1, -0.05) is 23.7 Å². The maximum absolute atomic E-state index is 5.93. The van der Waals surface area contributed by atoms with Gasteiger partial charge in [0.2, 0.25) is 11.8 Å². The van der Waals surface area contributed by atoms with Crippen molar-refractivity contribution in [2.24, 2.45) is 0 Å². The molecule has 5 nitrogen and oxygen atoms in total. The first-order valence-electron chi connectivity index (χ1n) is 8.66. The minimum Gasteiger partial charge on any atom is -0.497 e. The van der Waals surface area contributed by atoms with Crippen LogP contribution in [0.15, 0.2) is 52.9 Å². The smallest absolute Gasteiger partial charge is 0.247 e. The van der Waals surface area contributed by atoms with Crippen molar-refractivity contribution in [1.82, 2.24) is 15.1 Å². The number of aromatic nitrogens is 2. The number of nitrogens with zero attached hydrogens (tertiary/aromatic N) is 3. The normalized spacial score (nSPS) is 17.5. The molecule has 0 aliphatic carbocycles. The number of likely N-dealkylation sites (tertiary alicyclic amines) is 1. The molecule has 4 rings (SSSR count). The number of ether oxygens (including phenoxy) is 1. The van der Waals surface area contributed by atoms with Gasteiger partial charge >= 0.3 is 0 Å². The van der Waals surface area contributed by atoms with Crippen molar-refractivity contribution in [2.45, 2.75) is 18.9 Å². The van der Waals surface area contributed by atoms with Gasteiger partial charge in [-0.2, -0.15) is 0 Å². The maximum atomic E-state index is 5.93. The predicted octanol–water partition coefficient (Wildman–Crippen LogP) is 4.39. The minimum absolute atomic E-state index is 0.279. The maximum Gasteiger partial charge on any atom is 0.247 e. The molecule has 1 atom stereocenters. The topological polar surface area (TPSA) is 51.4 Å². The second-order valence-electron chi connectivity index (χ2n) is 6.52. The van der Waals surface area contributed by atoms with E-state index < -0.39 is 0 Å². The first kappa shape index (κ1) is 17.1. The highest BCUT2D eigenvalue weighted by Crippen LogP contribution is 2.30. The molecule has 3 aromatic rings. The van der Waals surface area contributed by atoms with Crippen LogP contribution < -0.4 is 4.74 Å². The number of halogens is 1. The zero-order valence-electron chi connectivity index (χ0n) is 14.6. The first-order chi connectivity index (χ1) is 12.7. The molecule has 0 N–H and O–H groups in total. The van der Waals surface area contributed by atoms with Gasteiger partial charge in [0, 0.05) is 23.7 Å². The van der Waals surface area contributed by atoms with Crippen LogP contribution in [0, 0.1) is 0 Å². The Bertz CT molecular complexity index is 862. The van der Waals surface area contributed by atoms with Crippen molar-refractivity contribution >= 4 is 11.6 Å². The van der Waals surface area contributed by atoms with Gasteiger partial charge in [-0.25, -0.2) is 0 Å². The lowest BCUT2D eigenvalue weighted by Crippen LogP contribution is -2.19. The monoisotopic (exact) mass is 369 g/mol. The number of hydrogen-bond acceptors (Lipinski definition) is 5. The Labute approximate surface area is 157 Å². The molecule has 1 aliphatic rings. The summed E-state index contributed by atoms with van der Waals surface area (Å²) < 4.78 is 11.1. The Kier molecular flexibility index (Phi) is 4.91. The summed E-state index contributed by atoms with van der Waals surface area (Å²) in [5.74, 6) is 2.42. The number of methoxy groups -OCH3 is 1. The van der Waals surface area contributed by atoms with Crippen molar-refractivity contribution in [1.29, 1.82) is 0 Å². The van der Waals surface area contributed by atoms with Crippen molar-refractivity contribution in [3.8, 4) is 17.2 Å². The van der Waals surface area contributed by atoms with E-state index in [1.54, 1.807) is 7.11 Å². The number of rotatable bonds is 5. The van der Waals surface area contributed by atoms with Crippen molar-refractivity contribution < 1.29 is 9.15 Å². The summed E-state index contributed by atoms with van der Waals surface area (Å²) in [6, 6.07) is 15.7. The van der Waals surface area contributed by atoms with Crippen LogP contribution in [0.1, 0.15) is 23.8 Å². The summed E-state index contributed by atoms with van der Waals surface area (Å²) in [4.78, 5) is 2.42. The first-order valence-corrected chi connectivity index (χ1v) is 9.03. The second-order valence-corrected chi connectivity index (χ2v) is 6.96. The molecule has 26 heavy (non-hydrogen) atoms. The lowest BCUT2D eigenvalue weighted by Gasteiger charge is -2.15. The Balaban J connectivity index is 1.40. The molecule has 2 heterocycles. The molecular weight excluding hydrogens is 350 g/mol. The fraction of sp³-hybridized carbons (Fsp3) is 0.300. The summed E-state index contributed by atoms with van der Waals surface area (Å²) >= 11 is 5.93. The fourth-order valence-corrected chi connectivity index (χ4v) is 3.40. The molecule has 134 valence electrons. The van der Waals surface area contributed by atoms with E-state index in [2.05, 4.69) is 27.2 Å². The molecule has 0 saturated carbocycles. The van der Waals surface area contributed by atoms with Crippen LogP contribution in [0.25, 0.3) is 11.5 Å². The van der Waals surface area contributed by atoms with Gasteiger partial charge < -0.3 is 9.15 Å². The average Bonchev–Trinajstić information content (AvgIpc) is 3.32. The molecule has 0 amide bonds. The Morgan fingerprint density at radius 1 is 1.12 bits per heavy atom. The standard InChI is InChI=1S/C20H20ClN3O2/c1-25-18-8-2-14(3-9-18)12-24-11-10-16(13-24)20-23-22-19(26-20)15-4-6-17(21)7-5-15/h2-9,16H,10-13H2,1H3. The molecule has 2 aromatic carbocycles. The highest BCUT2D eigenvalue weighted by atomic mass is 35.5. The zero-order valence-corrected chi connectivity index (χ0v) is 15.3. The van der Waals surface area contributed by atoms with Gasteiger partial charge in [-0.15, -0.1) is 10.2 Å². The van der Waals surface area contributed by atoms with E-state index in [-0.39, 0.29) is 5.92 Å². The van der Waals surface area contributed by atoms with Gasteiger partial charge in [-0.05, 0) is 54.9 Å². The van der Waals surface area contributed by atoms with E-state index in [4.69, 9.17) is 20.8 Å². The van der Waals surface area contributed by atoms with Gasteiger partial charge in [0.25, 0.3) is 0 Å². The van der Waals surface area contributed by atoms with Crippen LogP contribution in [-0.2, 0) is 6.54 Å². The second kappa shape index (κ2) is 7.48. The van der Waals surface area contributed by atoms with E-state index in [9.17, 15) is 0 Å². The molecule has 1 fully saturated rings. The van der Waals surface area contributed by atoms with Crippen LogP contribution in [-0.4, -0.2) is 35.3 Å². The third-order valence-corrected chi connectivity index (χ3v) is 4.97. The molecule has 0 radical (unpaired) electrons. The summed E-state index contributed by atoms with van der Waals surface area (Å²) in [7, 11) is 1.68. The zero-order chi connectivity index (χ0) is 17.9. The van der Waals surface area contributed by atoms with Crippen LogP contribution in [0.2, 0.25) is 5.02 Å². The molecule has 6 heteroatoms. The fourth-order valence-electron chi connectivity index (χ4n) is 3.28.